The molecule has 0 N–H and O–H groups in total. The van der Waals surface area contributed by atoms with Gasteiger partial charge >= 0.3 is 0 Å². The van der Waals surface area contributed by atoms with Gasteiger partial charge in [0.2, 0.25) is 5.91 Å². The lowest BCUT2D eigenvalue weighted by molar-refractivity contribution is -0.134. The van der Waals surface area contributed by atoms with Crippen LogP contribution in [0.15, 0.2) is 61.1 Å². The quantitative estimate of drug-likeness (QED) is 0.577. The monoisotopic (exact) mass is 444 g/mol. The number of carbonyl (C=O) groups excluding carboxylic acids is 2. The van der Waals surface area contributed by atoms with Crippen LogP contribution in [0.5, 0.6) is 0 Å². The molecule has 1 atom stereocenters. The Morgan fingerprint density at radius 1 is 1.03 bits per heavy atom. The summed E-state index contributed by atoms with van der Waals surface area (Å²) >= 11 is 0. The van der Waals surface area contributed by atoms with Gasteiger partial charge in [-0.05, 0) is 43.9 Å². The van der Waals surface area contributed by atoms with Crippen LogP contribution in [0.2, 0.25) is 0 Å². The number of hydrogen-bond donors (Lipinski definition) is 0. The third-order valence-corrected chi connectivity index (χ3v) is 6.53. The molecule has 1 aliphatic rings. The van der Waals surface area contributed by atoms with Gasteiger partial charge in [-0.25, -0.2) is 4.98 Å². The third kappa shape index (κ3) is 4.85. The summed E-state index contributed by atoms with van der Waals surface area (Å²) in [5.74, 6) is -0.228. The number of amides is 2. The van der Waals surface area contributed by atoms with E-state index in [0.29, 0.717) is 44.8 Å². The molecule has 6 nitrogen and oxygen atoms in total. The lowest BCUT2D eigenvalue weighted by atomic mass is 9.91. The van der Waals surface area contributed by atoms with E-state index in [-0.39, 0.29) is 17.7 Å². The minimum Gasteiger partial charge on any atom is -0.341 e. The first kappa shape index (κ1) is 22.8. The van der Waals surface area contributed by atoms with E-state index in [1.54, 1.807) is 12.5 Å². The highest BCUT2D eigenvalue weighted by Gasteiger charge is 2.33. The molecule has 1 aromatic heterocycles. The van der Waals surface area contributed by atoms with Crippen LogP contribution >= 0.6 is 0 Å². The first-order valence-corrected chi connectivity index (χ1v) is 11.7. The molecule has 1 aliphatic heterocycles. The summed E-state index contributed by atoms with van der Waals surface area (Å²) in [5.41, 5.74) is 5.20. The number of aromatic nitrogens is 2. The van der Waals surface area contributed by atoms with Gasteiger partial charge in [-0.1, -0.05) is 54.1 Å². The molecule has 172 valence electrons. The first-order chi connectivity index (χ1) is 16.0. The summed E-state index contributed by atoms with van der Waals surface area (Å²) in [6.45, 7) is 8.89. The predicted octanol–water partition coefficient (Wildman–Crippen LogP) is 4.04. The summed E-state index contributed by atoms with van der Waals surface area (Å²) in [4.78, 5) is 34.6. The van der Waals surface area contributed by atoms with E-state index in [0.717, 1.165) is 16.7 Å². The highest BCUT2D eigenvalue weighted by molar-refractivity contribution is 5.93. The standard InChI is InChI=1S/C27H32N4O2/c1-4-29-14-15-31(27(33)25-17-28-19-30(25)5-2)18-23(26(29)32)16-22-8-6-7-9-24(22)21-12-10-20(3)11-13-21/h6-13,17,19,23H,4-5,14-16,18H2,1-3H3. The molecule has 1 fully saturated rings. The highest BCUT2D eigenvalue weighted by atomic mass is 16.2. The molecule has 0 aliphatic carbocycles. The minimum absolute atomic E-state index is 0.0584. The van der Waals surface area contributed by atoms with Crippen LogP contribution in [0.1, 0.15) is 35.5 Å². The molecule has 0 bridgehead atoms. The number of hydrogen-bond acceptors (Lipinski definition) is 3. The van der Waals surface area contributed by atoms with Gasteiger partial charge in [0.15, 0.2) is 0 Å². The van der Waals surface area contributed by atoms with Crippen LogP contribution in [-0.2, 0) is 17.8 Å². The molecule has 1 unspecified atom stereocenters. The van der Waals surface area contributed by atoms with Gasteiger partial charge in [-0.3, -0.25) is 9.59 Å². The van der Waals surface area contributed by atoms with E-state index in [1.165, 1.54) is 5.56 Å². The van der Waals surface area contributed by atoms with Gasteiger partial charge in [-0.15, -0.1) is 0 Å². The van der Waals surface area contributed by atoms with Crippen molar-refractivity contribution in [3.05, 3.63) is 77.9 Å². The number of imidazole rings is 1. The van der Waals surface area contributed by atoms with Crippen LogP contribution < -0.4 is 0 Å². The van der Waals surface area contributed by atoms with Gasteiger partial charge in [-0.2, -0.15) is 0 Å². The lowest BCUT2D eigenvalue weighted by Gasteiger charge is -2.24. The molecule has 0 saturated carbocycles. The maximum Gasteiger partial charge on any atom is 0.272 e. The molecule has 2 amide bonds. The summed E-state index contributed by atoms with van der Waals surface area (Å²) in [6, 6.07) is 16.7. The fourth-order valence-corrected chi connectivity index (χ4v) is 4.59. The molecule has 6 heteroatoms. The molecule has 2 heterocycles. The zero-order valence-corrected chi connectivity index (χ0v) is 19.7. The normalized spacial score (nSPS) is 16.7. The van der Waals surface area contributed by atoms with Crippen LogP contribution in [0.3, 0.4) is 0 Å². The second kappa shape index (κ2) is 10.0. The molecule has 4 rings (SSSR count). The molecular weight excluding hydrogens is 412 g/mol. The Morgan fingerprint density at radius 3 is 2.52 bits per heavy atom. The zero-order chi connectivity index (χ0) is 23.4. The van der Waals surface area contributed by atoms with Crippen molar-refractivity contribution in [1.82, 2.24) is 19.4 Å². The summed E-state index contributed by atoms with van der Waals surface area (Å²) < 4.78 is 1.86. The van der Waals surface area contributed by atoms with Crippen LogP contribution in [-0.4, -0.2) is 57.3 Å². The number of rotatable bonds is 6. The van der Waals surface area contributed by atoms with Gasteiger partial charge < -0.3 is 14.4 Å². The number of benzene rings is 2. The third-order valence-electron chi connectivity index (χ3n) is 6.53. The summed E-state index contributed by atoms with van der Waals surface area (Å²) in [7, 11) is 0. The maximum absolute atomic E-state index is 13.4. The van der Waals surface area contributed by atoms with Gasteiger partial charge in [0, 0.05) is 32.7 Å². The average molecular weight is 445 g/mol. The van der Waals surface area contributed by atoms with Crippen LogP contribution in [0.25, 0.3) is 11.1 Å². The predicted molar refractivity (Wildman–Crippen MR) is 130 cm³/mol. The molecule has 0 radical (unpaired) electrons. The topological polar surface area (TPSA) is 58.4 Å². The second-order valence-corrected chi connectivity index (χ2v) is 8.66. The number of aryl methyl sites for hydroxylation is 2. The SMILES string of the molecule is CCN1CCN(C(=O)c2cncn2CC)CC(Cc2ccccc2-c2ccc(C)cc2)C1=O. The summed E-state index contributed by atoms with van der Waals surface area (Å²) in [5, 5.41) is 0. The smallest absolute Gasteiger partial charge is 0.272 e. The van der Waals surface area contributed by atoms with Crippen LogP contribution in [0, 0.1) is 12.8 Å². The molecule has 0 spiro atoms. The fourth-order valence-electron chi connectivity index (χ4n) is 4.59. The fraction of sp³-hybridized carbons (Fsp3) is 0.370. The van der Waals surface area contributed by atoms with Crippen molar-refractivity contribution in [3.8, 4) is 11.1 Å². The van der Waals surface area contributed by atoms with E-state index >= 15 is 0 Å². The molecule has 2 aromatic carbocycles. The average Bonchev–Trinajstić information content (AvgIpc) is 3.26. The minimum atomic E-state index is -0.291. The van der Waals surface area contributed by atoms with E-state index in [2.05, 4.69) is 48.3 Å². The van der Waals surface area contributed by atoms with Crippen LogP contribution in [0.4, 0.5) is 0 Å². The Balaban J connectivity index is 1.63. The van der Waals surface area contributed by atoms with E-state index in [1.807, 2.05) is 40.3 Å². The van der Waals surface area contributed by atoms with Crippen molar-refractivity contribution in [2.45, 2.75) is 33.7 Å². The number of nitrogens with zero attached hydrogens (tertiary/aromatic N) is 4. The Hall–Kier alpha value is -3.41. The van der Waals surface area contributed by atoms with E-state index < -0.39 is 0 Å². The lowest BCUT2D eigenvalue weighted by Crippen LogP contribution is -2.38. The van der Waals surface area contributed by atoms with Crippen molar-refractivity contribution < 1.29 is 9.59 Å². The van der Waals surface area contributed by atoms with Gasteiger partial charge in [0.25, 0.3) is 5.91 Å². The Kier molecular flexibility index (Phi) is 6.92. The zero-order valence-electron chi connectivity index (χ0n) is 19.7. The van der Waals surface area contributed by atoms with Crippen molar-refractivity contribution >= 4 is 11.8 Å². The highest BCUT2D eigenvalue weighted by Crippen LogP contribution is 2.28. The number of likely N-dealkylation sites (N-methyl/N-ethyl adjacent to an activating group) is 1. The van der Waals surface area contributed by atoms with Crippen molar-refractivity contribution in [2.24, 2.45) is 5.92 Å². The van der Waals surface area contributed by atoms with Gasteiger partial charge in [0.05, 0.1) is 18.4 Å². The van der Waals surface area contributed by atoms with E-state index in [4.69, 9.17) is 0 Å². The summed E-state index contributed by atoms with van der Waals surface area (Å²) in [6.07, 6.45) is 3.90. The first-order valence-electron chi connectivity index (χ1n) is 11.7. The van der Waals surface area contributed by atoms with E-state index in [9.17, 15) is 9.59 Å². The maximum atomic E-state index is 13.4. The van der Waals surface area contributed by atoms with Crippen molar-refractivity contribution in [1.29, 1.82) is 0 Å². The molecule has 3 aromatic rings. The van der Waals surface area contributed by atoms with Crippen molar-refractivity contribution in [3.63, 3.8) is 0 Å². The van der Waals surface area contributed by atoms with Gasteiger partial charge in [0.1, 0.15) is 5.69 Å². The largest absolute Gasteiger partial charge is 0.341 e. The molecular formula is C27H32N4O2. The Morgan fingerprint density at radius 2 is 1.79 bits per heavy atom. The number of carbonyl (C=O) groups is 2. The molecule has 1 saturated heterocycles. The second-order valence-electron chi connectivity index (χ2n) is 8.66. The Labute approximate surface area is 195 Å². The van der Waals surface area contributed by atoms with Crippen molar-refractivity contribution in [2.75, 3.05) is 26.2 Å². The molecule has 33 heavy (non-hydrogen) atoms. The Bertz CT molecular complexity index is 1120.